The zero-order valence-corrected chi connectivity index (χ0v) is 10.8. The summed E-state index contributed by atoms with van der Waals surface area (Å²) >= 11 is 0. The molecule has 0 aliphatic rings. The van der Waals surface area contributed by atoms with Gasteiger partial charge in [-0.15, -0.1) is 0 Å². The van der Waals surface area contributed by atoms with Crippen molar-refractivity contribution in [3.63, 3.8) is 0 Å². The Bertz CT molecular complexity index is 505. The number of aliphatic hydroxyl groups excluding tert-OH is 2. The summed E-state index contributed by atoms with van der Waals surface area (Å²) in [6.07, 6.45) is 0. The van der Waals surface area contributed by atoms with Crippen LogP contribution >= 0.6 is 0 Å². The van der Waals surface area contributed by atoms with Crippen LogP contribution in [0, 0.1) is 10.1 Å². The highest BCUT2D eigenvalue weighted by molar-refractivity contribution is 6.13. The molecule has 0 bridgehead atoms. The fourth-order valence-electron chi connectivity index (χ4n) is 1.42. The van der Waals surface area contributed by atoms with Crippen molar-refractivity contribution in [2.24, 2.45) is 0 Å². The van der Waals surface area contributed by atoms with E-state index in [1.54, 1.807) is 6.07 Å². The first-order valence-corrected chi connectivity index (χ1v) is 5.82. The number of carbonyl (C=O) groups is 2. The summed E-state index contributed by atoms with van der Waals surface area (Å²) in [4.78, 5) is 34.6. The summed E-state index contributed by atoms with van der Waals surface area (Å²) in [6, 6.07) is 4.20. The second kappa shape index (κ2) is 7.77. The molecule has 0 saturated carbocycles. The average Bonchev–Trinajstić information content (AvgIpc) is 2.45. The molecule has 10 nitrogen and oxygen atoms in total. The van der Waals surface area contributed by atoms with Crippen molar-refractivity contribution in [3.05, 3.63) is 40.4 Å². The van der Waals surface area contributed by atoms with Gasteiger partial charge in [0.05, 0.1) is 24.9 Å². The number of urea groups is 2. The fourth-order valence-corrected chi connectivity index (χ4v) is 1.42. The summed E-state index contributed by atoms with van der Waals surface area (Å²) in [5, 5.41) is 29.2. The fraction of sp³-hybridized carbons (Fsp3) is 0.273. The van der Waals surface area contributed by atoms with E-state index >= 15 is 0 Å². The van der Waals surface area contributed by atoms with E-state index in [9.17, 15) is 19.7 Å². The lowest BCUT2D eigenvalue weighted by molar-refractivity contribution is -0.527. The molecule has 4 N–H and O–H groups in total. The maximum Gasteiger partial charge on any atom is 0.388 e. The highest BCUT2D eigenvalue weighted by atomic mass is 16.7. The van der Waals surface area contributed by atoms with Gasteiger partial charge in [-0.3, -0.25) is 0 Å². The molecule has 1 aromatic carbocycles. The molecule has 0 radical (unpaired) electrons. The normalized spacial score (nSPS) is 10.0. The summed E-state index contributed by atoms with van der Waals surface area (Å²) in [7, 11) is 0. The maximum absolute atomic E-state index is 12.0. The van der Waals surface area contributed by atoms with E-state index in [-0.39, 0.29) is 5.69 Å². The van der Waals surface area contributed by atoms with Gasteiger partial charge in [0, 0.05) is 0 Å². The summed E-state index contributed by atoms with van der Waals surface area (Å²) in [5.41, 5.74) is 1.44. The van der Waals surface area contributed by atoms with Crippen LogP contribution in [0.2, 0.25) is 0 Å². The Balaban J connectivity index is 2.99. The Kier molecular flexibility index (Phi) is 6.04. The summed E-state index contributed by atoms with van der Waals surface area (Å²) in [5.74, 6) is 0. The van der Waals surface area contributed by atoms with Crippen molar-refractivity contribution in [3.8, 4) is 0 Å². The van der Waals surface area contributed by atoms with Crippen molar-refractivity contribution in [2.45, 2.75) is 6.04 Å². The first-order valence-electron chi connectivity index (χ1n) is 5.82. The second-order valence-electron chi connectivity index (χ2n) is 3.86. The van der Waals surface area contributed by atoms with Crippen LogP contribution in [0.25, 0.3) is 0 Å². The smallest absolute Gasteiger partial charge is 0.388 e. The molecule has 1 rings (SSSR count). The minimum Gasteiger partial charge on any atom is -0.394 e. The van der Waals surface area contributed by atoms with E-state index in [4.69, 9.17) is 10.2 Å². The maximum atomic E-state index is 12.0. The minimum atomic E-state index is -1.28. The highest BCUT2D eigenvalue weighted by Crippen LogP contribution is 2.13. The lowest BCUT2D eigenvalue weighted by Crippen LogP contribution is -2.53. The molecule has 0 aliphatic heterocycles. The van der Waals surface area contributed by atoms with E-state index in [2.05, 4.69) is 5.32 Å². The Morgan fingerprint density at radius 1 is 1.19 bits per heavy atom. The van der Waals surface area contributed by atoms with Gasteiger partial charge in [0.1, 0.15) is 0 Å². The van der Waals surface area contributed by atoms with Crippen molar-refractivity contribution >= 4 is 17.7 Å². The van der Waals surface area contributed by atoms with Crippen LogP contribution in [-0.2, 0) is 0 Å². The molecule has 0 aromatic heterocycles. The van der Waals surface area contributed by atoms with Gasteiger partial charge in [-0.25, -0.2) is 24.6 Å². The number of anilines is 1. The van der Waals surface area contributed by atoms with Crippen LogP contribution in [0.1, 0.15) is 0 Å². The molecule has 4 amide bonds. The quantitative estimate of drug-likeness (QED) is 0.424. The van der Waals surface area contributed by atoms with Gasteiger partial charge >= 0.3 is 12.1 Å². The number of hydrogen-bond donors (Lipinski definition) is 4. The van der Waals surface area contributed by atoms with Gasteiger partial charge in [0.15, 0.2) is 5.03 Å². The molecule has 0 fully saturated rings. The minimum absolute atomic E-state index is 0.0870. The third kappa shape index (κ3) is 4.71. The first kappa shape index (κ1) is 16.3. The molecule has 0 unspecified atom stereocenters. The van der Waals surface area contributed by atoms with Crippen molar-refractivity contribution in [2.75, 3.05) is 18.1 Å². The molecule has 0 spiro atoms. The van der Waals surface area contributed by atoms with Crippen molar-refractivity contribution in [1.29, 1.82) is 0 Å². The molecular formula is C11H14N4O6. The number of benzene rings is 1. The van der Waals surface area contributed by atoms with Gasteiger partial charge in [0.2, 0.25) is 0 Å². The van der Waals surface area contributed by atoms with E-state index in [0.29, 0.717) is 4.90 Å². The van der Waals surface area contributed by atoms with Gasteiger partial charge < -0.3 is 15.5 Å². The third-order valence-electron chi connectivity index (χ3n) is 2.38. The second-order valence-corrected chi connectivity index (χ2v) is 3.86. The summed E-state index contributed by atoms with van der Waals surface area (Å²) in [6.45, 7) is -1.11. The van der Waals surface area contributed by atoms with E-state index in [1.165, 1.54) is 29.7 Å². The van der Waals surface area contributed by atoms with Gasteiger partial charge in [-0.05, 0) is 17.6 Å². The number of rotatable bonds is 5. The highest BCUT2D eigenvalue weighted by Gasteiger charge is 2.27. The van der Waals surface area contributed by atoms with Crippen LogP contribution in [0.5, 0.6) is 0 Å². The van der Waals surface area contributed by atoms with Crippen molar-refractivity contribution < 1.29 is 24.8 Å². The Labute approximate surface area is 119 Å². The number of nitrogens with one attached hydrogen (secondary N) is 2. The number of hydrazine groups is 1. The summed E-state index contributed by atoms with van der Waals surface area (Å²) < 4.78 is 0. The number of imide groups is 1. The molecular weight excluding hydrogens is 284 g/mol. The SMILES string of the molecule is O=C(NC(CO)CO)N(C(=O)N[N+](=O)[O-])c1ccccc1. The molecule has 0 aliphatic carbocycles. The van der Waals surface area contributed by atoms with E-state index in [1.807, 2.05) is 0 Å². The number of nitro groups is 1. The largest absolute Gasteiger partial charge is 0.394 e. The molecule has 0 atom stereocenters. The average molecular weight is 298 g/mol. The van der Waals surface area contributed by atoms with Gasteiger partial charge in [-0.2, -0.15) is 0 Å². The molecule has 0 heterocycles. The molecule has 10 heteroatoms. The number of aliphatic hydroxyl groups is 2. The van der Waals surface area contributed by atoms with Gasteiger partial charge in [0.25, 0.3) is 0 Å². The Morgan fingerprint density at radius 2 is 1.76 bits per heavy atom. The van der Waals surface area contributed by atoms with E-state index < -0.39 is 36.4 Å². The molecule has 21 heavy (non-hydrogen) atoms. The molecule has 114 valence electrons. The lowest BCUT2D eigenvalue weighted by atomic mass is 10.3. The lowest BCUT2D eigenvalue weighted by Gasteiger charge is -2.22. The molecule has 0 saturated heterocycles. The van der Waals surface area contributed by atoms with Crippen LogP contribution < -0.4 is 15.6 Å². The number of amides is 4. The predicted molar refractivity (Wildman–Crippen MR) is 70.9 cm³/mol. The van der Waals surface area contributed by atoms with Crippen LogP contribution in [-0.4, -0.2) is 46.6 Å². The first-order chi connectivity index (χ1) is 9.99. The predicted octanol–water partition coefficient (Wildman–Crippen LogP) is -0.543. The van der Waals surface area contributed by atoms with Crippen LogP contribution in [0.3, 0.4) is 0 Å². The standard InChI is InChI=1S/C11H14N4O6/c16-6-8(7-17)12-10(18)14(11(19)13-15(20)21)9-4-2-1-3-5-9/h1-5,8,16-17H,6-7H2,(H,12,18)(H,13,19). The van der Waals surface area contributed by atoms with E-state index in [0.717, 1.165) is 0 Å². The Hall–Kier alpha value is -2.72. The Morgan fingerprint density at radius 3 is 2.24 bits per heavy atom. The topological polar surface area (TPSA) is 145 Å². The van der Waals surface area contributed by atoms with Gasteiger partial charge in [-0.1, -0.05) is 18.2 Å². The number of nitrogens with zero attached hydrogens (tertiary/aromatic N) is 2. The monoisotopic (exact) mass is 298 g/mol. The van der Waals surface area contributed by atoms with Crippen LogP contribution in [0.15, 0.2) is 30.3 Å². The molecule has 1 aromatic rings. The van der Waals surface area contributed by atoms with Crippen molar-refractivity contribution in [1.82, 2.24) is 10.7 Å². The number of para-hydroxylation sites is 1. The third-order valence-corrected chi connectivity index (χ3v) is 2.38. The zero-order valence-electron chi connectivity index (χ0n) is 10.8. The number of hydrogen-bond acceptors (Lipinski definition) is 6. The zero-order chi connectivity index (χ0) is 15.8. The number of carbonyl (C=O) groups excluding carboxylic acids is 2. The van der Waals surface area contributed by atoms with Crippen LogP contribution in [0.4, 0.5) is 15.3 Å².